The van der Waals surface area contributed by atoms with Gasteiger partial charge in [-0.05, 0) is 25.5 Å². The maximum Gasteiger partial charge on any atom is 0.263 e. The van der Waals surface area contributed by atoms with E-state index in [1.807, 2.05) is 38.1 Å². The summed E-state index contributed by atoms with van der Waals surface area (Å²) in [5.41, 5.74) is 1.89. The maximum absolute atomic E-state index is 11.7. The molecule has 5 heteroatoms. The molecule has 2 rings (SSSR count). The number of nitrogens with one attached hydrogen (secondary N) is 2. The summed E-state index contributed by atoms with van der Waals surface area (Å²) in [5, 5.41) is 9.23. The number of aryl methyl sites for hydroxylation is 2. The molecule has 2 aromatic rings. The van der Waals surface area contributed by atoms with Gasteiger partial charge in [0.15, 0.2) is 6.61 Å². The molecule has 18 heavy (non-hydrogen) atoms. The first-order chi connectivity index (χ1) is 8.66. The molecule has 0 aliphatic heterocycles. The third-order valence-electron chi connectivity index (χ3n) is 2.55. The van der Waals surface area contributed by atoms with Crippen LogP contribution in [0.4, 0.5) is 5.82 Å². The molecule has 0 fully saturated rings. The van der Waals surface area contributed by atoms with Gasteiger partial charge in [-0.25, -0.2) is 0 Å². The Bertz CT molecular complexity index is 549. The number of aromatic nitrogens is 2. The van der Waals surface area contributed by atoms with Crippen molar-refractivity contribution in [2.24, 2.45) is 0 Å². The number of hydrogen-bond donors (Lipinski definition) is 2. The first kappa shape index (κ1) is 12.2. The predicted octanol–water partition coefficient (Wildman–Crippen LogP) is 2.04. The van der Waals surface area contributed by atoms with Gasteiger partial charge >= 0.3 is 0 Å². The topological polar surface area (TPSA) is 67.0 Å². The van der Waals surface area contributed by atoms with Crippen molar-refractivity contribution >= 4 is 11.7 Å². The summed E-state index contributed by atoms with van der Waals surface area (Å²) in [4.78, 5) is 11.7. The third-order valence-corrected chi connectivity index (χ3v) is 2.55. The van der Waals surface area contributed by atoms with Gasteiger partial charge in [-0.1, -0.05) is 18.2 Å². The number of carbonyl (C=O) groups is 1. The molecule has 0 aliphatic carbocycles. The van der Waals surface area contributed by atoms with E-state index in [-0.39, 0.29) is 12.5 Å². The second-order valence-corrected chi connectivity index (χ2v) is 4.03. The van der Waals surface area contributed by atoms with Crippen molar-refractivity contribution in [3.63, 3.8) is 0 Å². The van der Waals surface area contributed by atoms with E-state index in [1.54, 1.807) is 6.20 Å². The summed E-state index contributed by atoms with van der Waals surface area (Å²) in [6.07, 6.45) is 1.65. The highest BCUT2D eigenvalue weighted by atomic mass is 16.5. The Morgan fingerprint density at radius 2 is 2.11 bits per heavy atom. The zero-order valence-electron chi connectivity index (χ0n) is 10.4. The lowest BCUT2D eigenvalue weighted by molar-refractivity contribution is -0.118. The van der Waals surface area contributed by atoms with Gasteiger partial charge in [0.25, 0.3) is 5.91 Å². The second kappa shape index (κ2) is 5.35. The van der Waals surface area contributed by atoms with Crippen LogP contribution in [-0.4, -0.2) is 22.7 Å². The molecule has 0 radical (unpaired) electrons. The molecule has 0 saturated carbocycles. The normalized spacial score (nSPS) is 10.1. The van der Waals surface area contributed by atoms with Crippen LogP contribution in [0.3, 0.4) is 0 Å². The maximum atomic E-state index is 11.7. The molecule has 1 aromatic carbocycles. The lowest BCUT2D eigenvalue weighted by Crippen LogP contribution is -2.21. The number of ether oxygens (including phenoxy) is 1. The van der Waals surface area contributed by atoms with Crippen molar-refractivity contribution in [3.05, 3.63) is 41.6 Å². The van der Waals surface area contributed by atoms with Crippen LogP contribution in [0.5, 0.6) is 5.75 Å². The van der Waals surface area contributed by atoms with Crippen LogP contribution < -0.4 is 10.1 Å². The zero-order chi connectivity index (χ0) is 13.0. The Balaban J connectivity index is 1.90. The Morgan fingerprint density at radius 3 is 2.78 bits per heavy atom. The Kier molecular flexibility index (Phi) is 3.62. The summed E-state index contributed by atoms with van der Waals surface area (Å²) < 4.78 is 5.44. The summed E-state index contributed by atoms with van der Waals surface area (Å²) in [6.45, 7) is 3.77. The Labute approximate surface area is 105 Å². The molecular formula is C13H15N3O2. The summed E-state index contributed by atoms with van der Waals surface area (Å²) in [6, 6.07) is 7.58. The molecule has 0 aliphatic rings. The van der Waals surface area contributed by atoms with E-state index >= 15 is 0 Å². The highest BCUT2D eigenvalue weighted by Gasteiger charge is 2.07. The number of nitrogens with zero attached hydrogens (tertiary/aromatic N) is 1. The first-order valence-corrected chi connectivity index (χ1v) is 5.65. The van der Waals surface area contributed by atoms with Crippen LogP contribution in [0.1, 0.15) is 11.1 Å². The fourth-order valence-electron chi connectivity index (χ4n) is 1.51. The Morgan fingerprint density at radius 1 is 1.33 bits per heavy atom. The minimum absolute atomic E-state index is 0.0245. The van der Waals surface area contributed by atoms with E-state index in [0.717, 1.165) is 11.1 Å². The van der Waals surface area contributed by atoms with Crippen LogP contribution in [0.2, 0.25) is 0 Å². The van der Waals surface area contributed by atoms with Gasteiger partial charge in [-0.2, -0.15) is 5.10 Å². The number of benzene rings is 1. The van der Waals surface area contributed by atoms with E-state index in [4.69, 9.17) is 4.74 Å². The van der Waals surface area contributed by atoms with E-state index < -0.39 is 0 Å². The van der Waals surface area contributed by atoms with Crippen LogP contribution in [0, 0.1) is 13.8 Å². The number of aromatic amines is 1. The number of para-hydroxylation sites is 1. The van der Waals surface area contributed by atoms with E-state index in [0.29, 0.717) is 11.6 Å². The molecular weight excluding hydrogens is 230 g/mol. The highest BCUT2D eigenvalue weighted by molar-refractivity contribution is 5.91. The average Bonchev–Trinajstić information content (AvgIpc) is 2.74. The van der Waals surface area contributed by atoms with Crippen molar-refractivity contribution in [3.8, 4) is 5.75 Å². The van der Waals surface area contributed by atoms with Crippen LogP contribution in [0.25, 0.3) is 0 Å². The number of rotatable bonds is 4. The fourth-order valence-corrected chi connectivity index (χ4v) is 1.51. The van der Waals surface area contributed by atoms with Gasteiger partial charge in [-0.3, -0.25) is 9.89 Å². The standard InChI is InChI=1S/C13H15N3O2/c1-9-5-3-4-6-11(9)18-8-12(17)15-13-10(2)7-14-16-13/h3-7H,8H2,1-2H3,(H2,14,15,16,17). The Hall–Kier alpha value is -2.30. The van der Waals surface area contributed by atoms with Crippen molar-refractivity contribution < 1.29 is 9.53 Å². The van der Waals surface area contributed by atoms with Gasteiger partial charge in [0.2, 0.25) is 0 Å². The molecule has 0 saturated heterocycles. The number of amides is 1. The molecule has 2 N–H and O–H groups in total. The summed E-state index contributed by atoms with van der Waals surface area (Å²) in [7, 11) is 0. The van der Waals surface area contributed by atoms with Crippen LogP contribution in [0.15, 0.2) is 30.5 Å². The molecule has 1 aromatic heterocycles. The quantitative estimate of drug-likeness (QED) is 0.866. The van der Waals surface area contributed by atoms with Gasteiger partial charge in [0, 0.05) is 5.56 Å². The average molecular weight is 245 g/mol. The third kappa shape index (κ3) is 2.88. The monoisotopic (exact) mass is 245 g/mol. The number of anilines is 1. The van der Waals surface area contributed by atoms with Crippen LogP contribution in [-0.2, 0) is 4.79 Å². The van der Waals surface area contributed by atoms with Crippen LogP contribution >= 0.6 is 0 Å². The molecule has 94 valence electrons. The molecule has 1 heterocycles. The second-order valence-electron chi connectivity index (χ2n) is 4.03. The zero-order valence-corrected chi connectivity index (χ0v) is 10.4. The lowest BCUT2D eigenvalue weighted by Gasteiger charge is -2.08. The SMILES string of the molecule is Cc1ccccc1OCC(=O)Nc1[nH]ncc1C. The summed E-state index contributed by atoms with van der Waals surface area (Å²) >= 11 is 0. The van der Waals surface area contributed by atoms with Crippen molar-refractivity contribution in [2.45, 2.75) is 13.8 Å². The van der Waals surface area contributed by atoms with Gasteiger partial charge in [-0.15, -0.1) is 0 Å². The smallest absolute Gasteiger partial charge is 0.263 e. The minimum Gasteiger partial charge on any atom is -0.483 e. The van der Waals surface area contributed by atoms with Gasteiger partial charge < -0.3 is 10.1 Å². The van der Waals surface area contributed by atoms with E-state index in [9.17, 15) is 4.79 Å². The molecule has 1 amide bonds. The minimum atomic E-state index is -0.217. The van der Waals surface area contributed by atoms with E-state index in [1.165, 1.54) is 0 Å². The predicted molar refractivity (Wildman–Crippen MR) is 68.6 cm³/mol. The lowest BCUT2D eigenvalue weighted by atomic mass is 10.2. The largest absolute Gasteiger partial charge is 0.483 e. The van der Waals surface area contributed by atoms with Crippen molar-refractivity contribution in [1.29, 1.82) is 0 Å². The number of H-pyrrole nitrogens is 1. The molecule has 0 atom stereocenters. The van der Waals surface area contributed by atoms with Crippen molar-refractivity contribution in [1.82, 2.24) is 10.2 Å². The molecule has 0 bridgehead atoms. The van der Waals surface area contributed by atoms with Gasteiger partial charge in [0.05, 0.1) is 6.20 Å². The fraction of sp³-hybridized carbons (Fsp3) is 0.231. The van der Waals surface area contributed by atoms with Crippen molar-refractivity contribution in [2.75, 3.05) is 11.9 Å². The summed E-state index contributed by atoms with van der Waals surface area (Å²) in [5.74, 6) is 1.10. The molecule has 0 unspecified atom stereocenters. The molecule has 0 spiro atoms. The number of carbonyl (C=O) groups excluding carboxylic acids is 1. The molecule has 5 nitrogen and oxygen atoms in total. The first-order valence-electron chi connectivity index (χ1n) is 5.65. The highest BCUT2D eigenvalue weighted by Crippen LogP contribution is 2.16. The van der Waals surface area contributed by atoms with E-state index in [2.05, 4.69) is 15.5 Å². The number of hydrogen-bond acceptors (Lipinski definition) is 3. The van der Waals surface area contributed by atoms with Gasteiger partial charge in [0.1, 0.15) is 11.6 Å².